The number of benzene rings is 3. The zero-order valence-electron chi connectivity index (χ0n) is 21.8. The van der Waals surface area contributed by atoms with E-state index in [0.717, 1.165) is 23.1 Å². The van der Waals surface area contributed by atoms with Crippen LogP contribution in [-0.4, -0.2) is 39.5 Å². The molecular formula is C29H31Cl2N3O4S. The third-order valence-electron chi connectivity index (χ3n) is 6.25. The van der Waals surface area contributed by atoms with Gasteiger partial charge in [-0.25, -0.2) is 0 Å². The van der Waals surface area contributed by atoms with Crippen molar-refractivity contribution in [3.63, 3.8) is 0 Å². The van der Waals surface area contributed by atoms with Crippen molar-refractivity contribution < 1.29 is 14.5 Å². The van der Waals surface area contributed by atoms with E-state index in [1.165, 1.54) is 23.9 Å². The maximum atomic E-state index is 13.7. The molecule has 3 aromatic carbocycles. The van der Waals surface area contributed by atoms with Crippen LogP contribution in [0.5, 0.6) is 0 Å². The van der Waals surface area contributed by atoms with Gasteiger partial charge in [0.25, 0.3) is 5.69 Å². The number of nitro groups is 1. The monoisotopic (exact) mass is 587 g/mol. The number of rotatable bonds is 13. The molecule has 0 heterocycles. The minimum atomic E-state index is -0.747. The minimum Gasteiger partial charge on any atom is -0.352 e. The maximum absolute atomic E-state index is 13.7. The molecule has 0 spiro atoms. The van der Waals surface area contributed by atoms with E-state index in [9.17, 15) is 19.7 Å². The number of carbonyl (C=O) groups excluding carboxylic acids is 2. The average molecular weight is 589 g/mol. The first-order valence-corrected chi connectivity index (χ1v) is 14.5. The summed E-state index contributed by atoms with van der Waals surface area (Å²) in [7, 11) is 0. The predicted molar refractivity (Wildman–Crippen MR) is 158 cm³/mol. The summed E-state index contributed by atoms with van der Waals surface area (Å²) in [5.74, 6) is 0.197. The van der Waals surface area contributed by atoms with Gasteiger partial charge in [-0.15, -0.1) is 11.8 Å². The lowest BCUT2D eigenvalue weighted by Crippen LogP contribution is -2.52. The number of amides is 2. The van der Waals surface area contributed by atoms with E-state index < -0.39 is 11.0 Å². The molecule has 7 nitrogen and oxygen atoms in total. The number of non-ortho nitro benzene ring substituents is 1. The van der Waals surface area contributed by atoms with E-state index >= 15 is 0 Å². The van der Waals surface area contributed by atoms with Gasteiger partial charge in [-0.05, 0) is 42.2 Å². The second kappa shape index (κ2) is 14.9. The number of hydrogen-bond donors (Lipinski definition) is 1. The van der Waals surface area contributed by atoms with Crippen LogP contribution in [0.4, 0.5) is 5.69 Å². The van der Waals surface area contributed by atoms with Gasteiger partial charge >= 0.3 is 0 Å². The number of nitro benzene ring substituents is 1. The summed E-state index contributed by atoms with van der Waals surface area (Å²) in [5.41, 5.74) is 2.58. The fourth-order valence-corrected chi connectivity index (χ4v) is 5.07. The van der Waals surface area contributed by atoms with Crippen LogP contribution >= 0.6 is 35.0 Å². The van der Waals surface area contributed by atoms with Gasteiger partial charge in [-0.3, -0.25) is 19.7 Å². The lowest BCUT2D eigenvalue weighted by molar-refractivity contribution is -0.384. The van der Waals surface area contributed by atoms with Gasteiger partial charge in [0.15, 0.2) is 0 Å². The quantitative estimate of drug-likeness (QED) is 0.177. The number of thioether (sulfide) groups is 1. The molecule has 0 saturated carbocycles. The first-order valence-electron chi connectivity index (χ1n) is 12.6. The summed E-state index contributed by atoms with van der Waals surface area (Å²) in [4.78, 5) is 39.3. The molecule has 2 atom stereocenters. The molecule has 0 aliphatic carbocycles. The molecule has 0 unspecified atom stereocenters. The Hall–Kier alpha value is -3.07. The SMILES string of the molecule is CC[C@H](C)NC(=O)[C@@H](Cc1ccccc1)N(Cc1ccc(Cl)c(Cl)c1)C(=O)CSCc1ccc([N+](=O)[O-])cc1. The Bertz CT molecular complexity index is 1280. The van der Waals surface area contributed by atoms with Gasteiger partial charge < -0.3 is 10.2 Å². The lowest BCUT2D eigenvalue weighted by atomic mass is 10.0. The Morgan fingerprint density at radius 3 is 2.26 bits per heavy atom. The highest BCUT2D eigenvalue weighted by atomic mass is 35.5. The van der Waals surface area contributed by atoms with E-state index in [2.05, 4.69) is 5.32 Å². The van der Waals surface area contributed by atoms with E-state index in [1.807, 2.05) is 44.2 Å². The van der Waals surface area contributed by atoms with Crippen molar-refractivity contribution in [2.75, 3.05) is 5.75 Å². The Morgan fingerprint density at radius 1 is 0.974 bits per heavy atom. The molecule has 0 aromatic heterocycles. The number of nitrogens with one attached hydrogen (secondary N) is 1. The number of halogens is 2. The Kier molecular flexibility index (Phi) is 11.7. The van der Waals surface area contributed by atoms with Crippen LogP contribution < -0.4 is 5.32 Å². The largest absolute Gasteiger partial charge is 0.352 e. The maximum Gasteiger partial charge on any atom is 0.269 e. The summed E-state index contributed by atoms with van der Waals surface area (Å²) >= 11 is 13.8. The predicted octanol–water partition coefficient (Wildman–Crippen LogP) is 6.69. The highest BCUT2D eigenvalue weighted by Gasteiger charge is 2.31. The Labute approximate surface area is 243 Å². The van der Waals surface area contributed by atoms with Crippen LogP contribution in [0.25, 0.3) is 0 Å². The van der Waals surface area contributed by atoms with Gasteiger partial charge in [0.1, 0.15) is 6.04 Å². The van der Waals surface area contributed by atoms with Gasteiger partial charge in [-0.2, -0.15) is 0 Å². The molecule has 0 saturated heterocycles. The second-order valence-corrected chi connectivity index (χ2v) is 11.0. The molecule has 0 aliphatic heterocycles. The minimum absolute atomic E-state index is 0.0173. The fourth-order valence-electron chi connectivity index (χ4n) is 3.88. The second-order valence-electron chi connectivity index (χ2n) is 9.21. The van der Waals surface area contributed by atoms with Crippen molar-refractivity contribution in [1.29, 1.82) is 0 Å². The van der Waals surface area contributed by atoms with Crippen molar-refractivity contribution in [3.8, 4) is 0 Å². The molecule has 10 heteroatoms. The van der Waals surface area contributed by atoms with Gasteiger partial charge in [0.2, 0.25) is 11.8 Å². The van der Waals surface area contributed by atoms with Crippen LogP contribution in [0, 0.1) is 10.1 Å². The van der Waals surface area contributed by atoms with Crippen molar-refractivity contribution in [3.05, 3.63) is 110 Å². The fraction of sp³-hybridized carbons (Fsp3) is 0.310. The molecule has 0 aliphatic rings. The van der Waals surface area contributed by atoms with Crippen LogP contribution in [0.2, 0.25) is 10.0 Å². The highest BCUT2D eigenvalue weighted by molar-refractivity contribution is 7.99. The molecule has 3 aromatic rings. The lowest BCUT2D eigenvalue weighted by Gasteiger charge is -2.32. The van der Waals surface area contributed by atoms with E-state index in [-0.39, 0.29) is 35.8 Å². The smallest absolute Gasteiger partial charge is 0.269 e. The third-order valence-corrected chi connectivity index (χ3v) is 7.98. The summed E-state index contributed by atoms with van der Waals surface area (Å²) in [6, 6.07) is 20.2. The molecule has 3 rings (SSSR count). The van der Waals surface area contributed by atoms with Crippen LogP contribution in [0.15, 0.2) is 72.8 Å². The Balaban J connectivity index is 1.85. The molecule has 0 bridgehead atoms. The topological polar surface area (TPSA) is 92.6 Å². The van der Waals surface area contributed by atoms with Gasteiger partial charge in [-0.1, -0.05) is 78.7 Å². The van der Waals surface area contributed by atoms with Gasteiger partial charge in [0, 0.05) is 36.9 Å². The van der Waals surface area contributed by atoms with Crippen molar-refractivity contribution in [1.82, 2.24) is 10.2 Å². The molecule has 2 amide bonds. The number of nitrogens with zero attached hydrogens (tertiary/aromatic N) is 2. The molecule has 1 N–H and O–H groups in total. The highest BCUT2D eigenvalue weighted by Crippen LogP contribution is 2.25. The summed E-state index contributed by atoms with van der Waals surface area (Å²) in [6.07, 6.45) is 1.11. The number of carbonyl (C=O) groups is 2. The Morgan fingerprint density at radius 2 is 1.64 bits per heavy atom. The molecular weight excluding hydrogens is 557 g/mol. The van der Waals surface area contributed by atoms with E-state index in [0.29, 0.717) is 22.2 Å². The zero-order chi connectivity index (χ0) is 28.4. The zero-order valence-corrected chi connectivity index (χ0v) is 24.1. The summed E-state index contributed by atoms with van der Waals surface area (Å²) in [5, 5.41) is 14.7. The summed E-state index contributed by atoms with van der Waals surface area (Å²) in [6.45, 7) is 4.10. The molecule has 39 heavy (non-hydrogen) atoms. The summed E-state index contributed by atoms with van der Waals surface area (Å²) < 4.78 is 0. The normalized spacial score (nSPS) is 12.4. The first-order chi connectivity index (χ1) is 18.7. The molecule has 0 radical (unpaired) electrons. The average Bonchev–Trinajstić information content (AvgIpc) is 2.93. The molecule has 206 valence electrons. The van der Waals surface area contributed by atoms with Crippen molar-refractivity contribution in [2.45, 2.75) is 51.1 Å². The van der Waals surface area contributed by atoms with Crippen LogP contribution in [-0.2, 0) is 28.3 Å². The standard InChI is InChI=1S/C29H31Cl2N3O4S/c1-3-20(2)32-29(36)27(16-21-7-5-4-6-8-21)33(17-23-11-14-25(30)26(31)15-23)28(35)19-39-18-22-9-12-24(13-10-22)34(37)38/h4-15,20,27H,3,16-19H2,1-2H3,(H,32,36)/t20-,27+/m0/s1. The van der Waals surface area contributed by atoms with Crippen LogP contribution in [0.1, 0.15) is 37.0 Å². The van der Waals surface area contributed by atoms with E-state index in [1.54, 1.807) is 35.2 Å². The van der Waals surface area contributed by atoms with Crippen molar-refractivity contribution >= 4 is 52.5 Å². The van der Waals surface area contributed by atoms with Gasteiger partial charge in [0.05, 0.1) is 20.7 Å². The number of hydrogen-bond acceptors (Lipinski definition) is 5. The molecule has 0 fully saturated rings. The first kappa shape index (κ1) is 30.5. The van der Waals surface area contributed by atoms with Crippen LogP contribution in [0.3, 0.4) is 0 Å². The van der Waals surface area contributed by atoms with Crippen molar-refractivity contribution in [2.24, 2.45) is 0 Å². The van der Waals surface area contributed by atoms with E-state index in [4.69, 9.17) is 23.2 Å². The third kappa shape index (κ3) is 9.27.